The summed E-state index contributed by atoms with van der Waals surface area (Å²) < 4.78 is 5.13. The van der Waals surface area contributed by atoms with Crippen molar-refractivity contribution >= 4 is 22.9 Å². The number of aryl methyl sites for hydroxylation is 1. The third-order valence-corrected chi connectivity index (χ3v) is 6.69. The van der Waals surface area contributed by atoms with Crippen LogP contribution in [0.25, 0.3) is 0 Å². The van der Waals surface area contributed by atoms with E-state index < -0.39 is 0 Å². The Morgan fingerprint density at radius 3 is 2.52 bits per heavy atom. The molecule has 0 bridgehead atoms. The van der Waals surface area contributed by atoms with E-state index in [0.717, 1.165) is 48.6 Å². The Morgan fingerprint density at radius 2 is 1.90 bits per heavy atom. The number of anilines is 1. The van der Waals surface area contributed by atoms with E-state index >= 15 is 0 Å². The van der Waals surface area contributed by atoms with E-state index in [1.165, 1.54) is 16.9 Å². The molecule has 2 heterocycles. The Kier molecular flexibility index (Phi) is 6.59. The average molecular weight is 437 g/mol. The van der Waals surface area contributed by atoms with Crippen molar-refractivity contribution in [2.45, 2.75) is 32.4 Å². The Morgan fingerprint density at radius 1 is 1.16 bits per heavy atom. The first-order valence-electron chi connectivity index (χ1n) is 10.6. The molecule has 6 heteroatoms. The van der Waals surface area contributed by atoms with Crippen LogP contribution in [0, 0.1) is 6.92 Å². The molecule has 4 rings (SSSR count). The molecule has 162 valence electrons. The number of thiophene rings is 1. The van der Waals surface area contributed by atoms with Crippen molar-refractivity contribution in [1.29, 1.82) is 0 Å². The van der Waals surface area contributed by atoms with Crippen LogP contribution in [0.15, 0.2) is 60.0 Å². The molecule has 1 fully saturated rings. The van der Waals surface area contributed by atoms with Gasteiger partial charge in [-0.2, -0.15) is 0 Å². The van der Waals surface area contributed by atoms with E-state index in [9.17, 15) is 9.90 Å². The lowest BCUT2D eigenvalue weighted by Crippen LogP contribution is -2.47. The molecule has 1 aromatic heterocycles. The molecule has 1 aliphatic rings. The SMILES string of the molecule is COc1ccc(CN2CCC(N(C(=O)c3cccs3)c3ccc(C)cc3)CC2)cc1O. The quantitative estimate of drug-likeness (QED) is 0.585. The lowest BCUT2D eigenvalue weighted by atomic mass is 10.0. The van der Waals surface area contributed by atoms with Crippen LogP contribution in [0.2, 0.25) is 0 Å². The van der Waals surface area contributed by atoms with Crippen molar-refractivity contribution in [1.82, 2.24) is 4.90 Å². The summed E-state index contributed by atoms with van der Waals surface area (Å²) in [6, 6.07) is 17.8. The number of hydrogen-bond acceptors (Lipinski definition) is 5. The number of benzene rings is 2. The highest BCUT2D eigenvalue weighted by Gasteiger charge is 2.30. The topological polar surface area (TPSA) is 53.0 Å². The predicted molar refractivity (Wildman–Crippen MR) is 125 cm³/mol. The summed E-state index contributed by atoms with van der Waals surface area (Å²) in [5.74, 6) is 0.739. The number of methoxy groups -OCH3 is 1. The van der Waals surface area contributed by atoms with Crippen molar-refractivity contribution in [2.24, 2.45) is 0 Å². The highest BCUT2D eigenvalue weighted by atomic mass is 32.1. The van der Waals surface area contributed by atoms with Crippen LogP contribution < -0.4 is 9.64 Å². The summed E-state index contributed by atoms with van der Waals surface area (Å²) in [4.78, 5) is 18.5. The van der Waals surface area contributed by atoms with Crippen molar-refractivity contribution in [3.8, 4) is 11.5 Å². The highest BCUT2D eigenvalue weighted by molar-refractivity contribution is 7.12. The summed E-state index contributed by atoms with van der Waals surface area (Å²) in [7, 11) is 1.55. The van der Waals surface area contributed by atoms with E-state index in [1.54, 1.807) is 19.2 Å². The number of ether oxygens (including phenoxy) is 1. The average Bonchev–Trinajstić information content (AvgIpc) is 3.32. The van der Waals surface area contributed by atoms with E-state index in [4.69, 9.17) is 4.74 Å². The second kappa shape index (κ2) is 9.54. The third-order valence-electron chi connectivity index (χ3n) is 5.83. The van der Waals surface area contributed by atoms with E-state index in [2.05, 4.69) is 24.0 Å². The summed E-state index contributed by atoms with van der Waals surface area (Å²) in [6.07, 6.45) is 1.82. The Balaban J connectivity index is 1.46. The number of amides is 1. The molecule has 0 spiro atoms. The molecule has 1 aliphatic heterocycles. The smallest absolute Gasteiger partial charge is 0.268 e. The Hall–Kier alpha value is -2.83. The number of rotatable bonds is 6. The van der Waals surface area contributed by atoms with Crippen LogP contribution in [-0.4, -0.2) is 42.2 Å². The van der Waals surface area contributed by atoms with E-state index in [1.807, 2.05) is 40.6 Å². The van der Waals surface area contributed by atoms with Gasteiger partial charge in [0.2, 0.25) is 0 Å². The maximum Gasteiger partial charge on any atom is 0.268 e. The van der Waals surface area contributed by atoms with Crippen molar-refractivity contribution in [2.75, 3.05) is 25.1 Å². The standard InChI is InChI=1S/C25H28N2O3S/c1-18-5-8-20(9-6-18)27(25(29)24-4-3-15-31-24)21-11-13-26(14-12-21)17-19-7-10-23(30-2)22(28)16-19/h3-10,15-16,21,28H,11-14,17H2,1-2H3. The maximum absolute atomic E-state index is 13.3. The predicted octanol–water partition coefficient (Wildman–Crippen LogP) is 5.08. The number of likely N-dealkylation sites (tertiary alicyclic amines) is 1. The molecule has 1 saturated heterocycles. The molecule has 0 saturated carbocycles. The third kappa shape index (κ3) is 4.92. The second-order valence-electron chi connectivity index (χ2n) is 8.00. The van der Waals surface area contributed by atoms with Crippen LogP contribution in [0.1, 0.15) is 33.6 Å². The molecule has 5 nitrogen and oxygen atoms in total. The van der Waals surface area contributed by atoms with Gasteiger partial charge < -0.3 is 14.7 Å². The Labute approximate surface area is 187 Å². The zero-order chi connectivity index (χ0) is 21.8. The van der Waals surface area contributed by atoms with Crippen LogP contribution in [0.5, 0.6) is 11.5 Å². The summed E-state index contributed by atoms with van der Waals surface area (Å²) in [5, 5.41) is 12.0. The highest BCUT2D eigenvalue weighted by Crippen LogP contribution is 2.30. The first-order chi connectivity index (χ1) is 15.0. The molecule has 0 radical (unpaired) electrons. The molecule has 3 aromatic rings. The fourth-order valence-corrected chi connectivity index (χ4v) is 4.81. The van der Waals surface area contributed by atoms with E-state index in [-0.39, 0.29) is 17.7 Å². The molecule has 0 aliphatic carbocycles. The fourth-order valence-electron chi connectivity index (χ4n) is 4.15. The van der Waals surface area contributed by atoms with Gasteiger partial charge in [0.1, 0.15) is 0 Å². The van der Waals surface area contributed by atoms with Gasteiger partial charge in [-0.05, 0) is 61.0 Å². The van der Waals surface area contributed by atoms with Gasteiger partial charge in [0.05, 0.1) is 12.0 Å². The van der Waals surface area contributed by atoms with Gasteiger partial charge in [-0.15, -0.1) is 11.3 Å². The van der Waals surface area contributed by atoms with Crippen molar-refractivity contribution in [3.63, 3.8) is 0 Å². The number of nitrogens with zero attached hydrogens (tertiary/aromatic N) is 2. The van der Waals surface area contributed by atoms with Gasteiger partial charge >= 0.3 is 0 Å². The molecular formula is C25H28N2O3S. The minimum Gasteiger partial charge on any atom is -0.504 e. The van der Waals surface area contributed by atoms with Gasteiger partial charge in [-0.1, -0.05) is 29.8 Å². The largest absolute Gasteiger partial charge is 0.504 e. The van der Waals surface area contributed by atoms with Crippen LogP contribution in [0.3, 0.4) is 0 Å². The number of piperidine rings is 1. The molecule has 0 atom stereocenters. The van der Waals surface area contributed by atoms with Crippen molar-refractivity contribution in [3.05, 3.63) is 76.0 Å². The second-order valence-corrected chi connectivity index (χ2v) is 8.95. The minimum atomic E-state index is 0.0809. The van der Waals surface area contributed by atoms with E-state index in [0.29, 0.717) is 5.75 Å². The summed E-state index contributed by atoms with van der Waals surface area (Å²) >= 11 is 1.49. The molecule has 1 N–H and O–H groups in total. The van der Waals surface area contributed by atoms with Crippen LogP contribution >= 0.6 is 11.3 Å². The first kappa shape index (κ1) is 21.4. The summed E-state index contributed by atoms with van der Waals surface area (Å²) in [6.45, 7) is 4.63. The first-order valence-corrected chi connectivity index (χ1v) is 11.4. The minimum absolute atomic E-state index is 0.0809. The lowest BCUT2D eigenvalue weighted by Gasteiger charge is -2.38. The molecule has 1 amide bonds. The monoisotopic (exact) mass is 436 g/mol. The van der Waals surface area contributed by atoms with Crippen LogP contribution in [0.4, 0.5) is 5.69 Å². The van der Waals surface area contributed by atoms with Gasteiger partial charge in [0.25, 0.3) is 5.91 Å². The van der Waals surface area contributed by atoms with Crippen LogP contribution in [-0.2, 0) is 6.54 Å². The van der Waals surface area contributed by atoms with Gasteiger partial charge in [-0.3, -0.25) is 9.69 Å². The fraction of sp³-hybridized carbons (Fsp3) is 0.320. The number of aromatic hydroxyl groups is 1. The molecule has 2 aromatic carbocycles. The van der Waals surface area contributed by atoms with Gasteiger partial charge in [0, 0.05) is 31.4 Å². The van der Waals surface area contributed by atoms with Gasteiger partial charge in [0.15, 0.2) is 11.5 Å². The van der Waals surface area contributed by atoms with Crippen molar-refractivity contribution < 1.29 is 14.6 Å². The number of phenols is 1. The number of carbonyl (C=O) groups is 1. The number of carbonyl (C=O) groups excluding carboxylic acids is 1. The summed E-state index contributed by atoms with van der Waals surface area (Å²) in [5.41, 5.74) is 3.20. The number of phenolic OH excluding ortho intramolecular Hbond substituents is 1. The maximum atomic E-state index is 13.3. The lowest BCUT2D eigenvalue weighted by molar-refractivity contribution is 0.0962. The zero-order valence-electron chi connectivity index (χ0n) is 18.0. The van der Waals surface area contributed by atoms with Gasteiger partial charge in [-0.25, -0.2) is 0 Å². The molecule has 31 heavy (non-hydrogen) atoms. The normalized spacial score (nSPS) is 15.0. The number of hydrogen-bond donors (Lipinski definition) is 1. The molecular weight excluding hydrogens is 408 g/mol. The zero-order valence-corrected chi connectivity index (χ0v) is 18.8. The Bertz CT molecular complexity index is 1010. The molecule has 0 unspecified atom stereocenters.